The van der Waals surface area contributed by atoms with Crippen molar-refractivity contribution in [3.8, 4) is 5.75 Å². The van der Waals surface area contributed by atoms with Gasteiger partial charge in [-0.1, -0.05) is 30.3 Å². The lowest BCUT2D eigenvalue weighted by atomic mass is 9.74. The van der Waals surface area contributed by atoms with Crippen molar-refractivity contribution in [3.63, 3.8) is 0 Å². The van der Waals surface area contributed by atoms with Gasteiger partial charge < -0.3 is 9.64 Å². The summed E-state index contributed by atoms with van der Waals surface area (Å²) in [4.78, 5) is 41.8. The van der Waals surface area contributed by atoms with Crippen LogP contribution < -0.4 is 10.1 Å². The molecule has 4 aliphatic rings. The van der Waals surface area contributed by atoms with Crippen LogP contribution in [0.4, 0.5) is 0 Å². The number of sulfone groups is 1. The summed E-state index contributed by atoms with van der Waals surface area (Å²) < 4.78 is 32.4. The topological polar surface area (TPSA) is 113 Å². The maximum Gasteiger partial charge on any atom is 0.255 e. The average Bonchev–Trinajstić information content (AvgIpc) is 3.50. The zero-order chi connectivity index (χ0) is 29.1. The molecule has 216 valence electrons. The molecule has 3 aromatic carbocycles. The van der Waals surface area contributed by atoms with Crippen LogP contribution >= 0.6 is 0 Å². The second kappa shape index (κ2) is 10.1. The van der Waals surface area contributed by atoms with Crippen molar-refractivity contribution in [2.45, 2.75) is 60.0 Å². The van der Waals surface area contributed by atoms with Crippen LogP contribution in [-0.4, -0.2) is 61.7 Å². The van der Waals surface area contributed by atoms with Gasteiger partial charge in [0.15, 0.2) is 0 Å². The van der Waals surface area contributed by atoms with Gasteiger partial charge in [0.1, 0.15) is 11.8 Å². The van der Waals surface area contributed by atoms with Crippen molar-refractivity contribution < 1.29 is 27.5 Å². The van der Waals surface area contributed by atoms with Gasteiger partial charge in [0.05, 0.1) is 16.4 Å². The average molecular weight is 586 g/mol. The number of amides is 3. The largest absolute Gasteiger partial charge is 0.492 e. The van der Waals surface area contributed by atoms with E-state index in [9.17, 15) is 22.8 Å². The molecule has 4 aliphatic heterocycles. The standard InChI is InChI=1S/C32H31N3O6S/c36-29-10-9-27(30(37)33-29)35-19-22-16-26-28(17-25(22)31(35)38)41-20-32(26)11-13-34(14-12-32)18-21-5-4-8-24(15-21)42(39,40)23-6-2-1-3-7-23/h1-8,15-17,27H,9-14,18-20H2,(H,33,36,37). The molecule has 1 atom stereocenters. The summed E-state index contributed by atoms with van der Waals surface area (Å²) in [5, 5.41) is 2.35. The third-order valence-electron chi connectivity index (χ3n) is 9.18. The predicted molar refractivity (Wildman–Crippen MR) is 153 cm³/mol. The Labute approximate surface area is 244 Å². The normalized spacial score (nSPS) is 21.7. The summed E-state index contributed by atoms with van der Waals surface area (Å²) in [6.07, 6.45) is 2.32. The Morgan fingerprint density at radius 2 is 1.69 bits per heavy atom. The fraction of sp³-hybridized carbons (Fsp3) is 0.344. The van der Waals surface area contributed by atoms with E-state index in [2.05, 4.69) is 16.3 Å². The van der Waals surface area contributed by atoms with E-state index >= 15 is 0 Å². The molecule has 3 amide bonds. The van der Waals surface area contributed by atoms with Crippen molar-refractivity contribution in [3.05, 3.63) is 89.0 Å². The first-order valence-corrected chi connectivity index (χ1v) is 15.8. The van der Waals surface area contributed by atoms with Crippen LogP contribution in [0.15, 0.2) is 76.5 Å². The van der Waals surface area contributed by atoms with Crippen LogP contribution in [0, 0.1) is 0 Å². The van der Waals surface area contributed by atoms with Gasteiger partial charge in [0.25, 0.3) is 5.91 Å². The van der Waals surface area contributed by atoms with Crippen LogP contribution in [0.25, 0.3) is 0 Å². The smallest absolute Gasteiger partial charge is 0.255 e. The molecule has 4 heterocycles. The maximum absolute atomic E-state index is 13.2. The van der Waals surface area contributed by atoms with E-state index in [0.717, 1.165) is 48.4 Å². The van der Waals surface area contributed by atoms with Gasteiger partial charge in [0.2, 0.25) is 21.7 Å². The van der Waals surface area contributed by atoms with Gasteiger partial charge in [-0.25, -0.2) is 8.42 Å². The first-order chi connectivity index (χ1) is 20.2. The Balaban J connectivity index is 1.05. The van der Waals surface area contributed by atoms with Gasteiger partial charge in [-0.2, -0.15) is 0 Å². The summed E-state index contributed by atoms with van der Waals surface area (Å²) in [7, 11) is -3.58. The number of ether oxygens (including phenoxy) is 1. The van der Waals surface area contributed by atoms with Crippen molar-refractivity contribution >= 4 is 27.6 Å². The molecular weight excluding hydrogens is 554 g/mol. The van der Waals surface area contributed by atoms with Crippen molar-refractivity contribution in [2.24, 2.45) is 0 Å². The van der Waals surface area contributed by atoms with Crippen molar-refractivity contribution in [1.82, 2.24) is 15.1 Å². The molecule has 0 bridgehead atoms. The Morgan fingerprint density at radius 3 is 2.45 bits per heavy atom. The zero-order valence-electron chi connectivity index (χ0n) is 23.0. The molecule has 9 nitrogen and oxygen atoms in total. The molecule has 3 aromatic rings. The molecule has 10 heteroatoms. The molecule has 7 rings (SSSR count). The van der Waals surface area contributed by atoms with E-state index < -0.39 is 21.8 Å². The molecule has 0 radical (unpaired) electrons. The highest BCUT2D eigenvalue weighted by atomic mass is 32.2. The zero-order valence-corrected chi connectivity index (χ0v) is 23.9. The number of rotatable bonds is 5. The molecule has 1 unspecified atom stereocenters. The van der Waals surface area contributed by atoms with Gasteiger partial charge in [-0.15, -0.1) is 0 Å². The number of benzene rings is 3. The summed E-state index contributed by atoms with van der Waals surface area (Å²) in [6.45, 7) is 3.22. The van der Waals surface area contributed by atoms with Crippen LogP contribution in [0.1, 0.15) is 52.7 Å². The van der Waals surface area contributed by atoms with E-state index in [1.54, 1.807) is 53.4 Å². The number of carbonyl (C=O) groups is 3. The first-order valence-electron chi connectivity index (χ1n) is 14.3. The molecule has 1 spiro atoms. The highest BCUT2D eigenvalue weighted by Crippen LogP contribution is 2.48. The van der Waals surface area contributed by atoms with Crippen LogP contribution in [0.3, 0.4) is 0 Å². The fourth-order valence-electron chi connectivity index (χ4n) is 6.78. The van der Waals surface area contributed by atoms with E-state index in [0.29, 0.717) is 36.6 Å². The lowest BCUT2D eigenvalue weighted by molar-refractivity contribution is -0.136. The highest BCUT2D eigenvalue weighted by molar-refractivity contribution is 7.91. The van der Waals surface area contributed by atoms with Gasteiger partial charge in [-0.05, 0) is 79.9 Å². The molecule has 2 fully saturated rings. The minimum atomic E-state index is -3.58. The van der Waals surface area contributed by atoms with Gasteiger partial charge in [0, 0.05) is 36.1 Å². The Hall–Kier alpha value is -4.02. The first kappa shape index (κ1) is 26.9. The van der Waals surface area contributed by atoms with Crippen LogP contribution in [0.5, 0.6) is 5.75 Å². The van der Waals surface area contributed by atoms with E-state index in [4.69, 9.17) is 4.74 Å². The molecule has 2 saturated heterocycles. The molecule has 0 aromatic heterocycles. The van der Waals surface area contributed by atoms with E-state index in [1.807, 2.05) is 12.1 Å². The fourth-order valence-corrected chi connectivity index (χ4v) is 8.13. The van der Waals surface area contributed by atoms with Crippen LogP contribution in [0.2, 0.25) is 0 Å². The number of imide groups is 1. The van der Waals surface area contributed by atoms with Crippen LogP contribution in [-0.2, 0) is 37.9 Å². The number of piperidine rings is 2. The highest BCUT2D eigenvalue weighted by Gasteiger charge is 2.46. The third kappa shape index (κ3) is 4.49. The third-order valence-corrected chi connectivity index (χ3v) is 10.9. The summed E-state index contributed by atoms with van der Waals surface area (Å²) in [5.74, 6) is -0.174. The minimum Gasteiger partial charge on any atom is -0.492 e. The second-order valence-corrected chi connectivity index (χ2v) is 13.7. The quantitative estimate of drug-likeness (QED) is 0.458. The van der Waals surface area contributed by atoms with Crippen molar-refractivity contribution in [2.75, 3.05) is 19.7 Å². The predicted octanol–water partition coefficient (Wildman–Crippen LogP) is 3.21. The monoisotopic (exact) mass is 585 g/mol. The molecule has 42 heavy (non-hydrogen) atoms. The number of hydrogen-bond donors (Lipinski definition) is 1. The Bertz CT molecular complexity index is 1710. The van der Waals surface area contributed by atoms with Crippen molar-refractivity contribution in [1.29, 1.82) is 0 Å². The molecule has 0 saturated carbocycles. The summed E-state index contributed by atoms with van der Waals surface area (Å²) >= 11 is 0. The Morgan fingerprint density at radius 1 is 0.929 bits per heavy atom. The summed E-state index contributed by atoms with van der Waals surface area (Å²) in [6, 6.07) is 19.0. The van der Waals surface area contributed by atoms with E-state index in [-0.39, 0.29) is 28.5 Å². The number of fused-ring (bicyclic) bond motifs is 3. The van der Waals surface area contributed by atoms with Gasteiger partial charge >= 0.3 is 0 Å². The number of carbonyl (C=O) groups excluding carboxylic acids is 3. The number of nitrogens with zero attached hydrogens (tertiary/aromatic N) is 2. The second-order valence-electron chi connectivity index (χ2n) is 11.7. The molecule has 0 aliphatic carbocycles. The lowest BCUT2D eigenvalue weighted by Crippen LogP contribution is -2.52. The minimum absolute atomic E-state index is 0.148. The maximum atomic E-state index is 13.2. The number of likely N-dealkylation sites (tertiary alicyclic amines) is 1. The SMILES string of the molecule is O=C1CCC(N2Cc3cc4c(cc3C2=O)OCC42CCN(Cc3cccc(S(=O)(=O)c4ccccc4)c3)CC2)C(=O)N1. The van der Waals surface area contributed by atoms with Gasteiger partial charge in [-0.3, -0.25) is 24.6 Å². The number of hydrogen-bond acceptors (Lipinski definition) is 7. The Kier molecular flexibility index (Phi) is 6.43. The number of nitrogens with one attached hydrogen (secondary N) is 1. The van der Waals surface area contributed by atoms with E-state index in [1.165, 1.54) is 0 Å². The molecular formula is C32H31N3O6S. The molecule has 1 N–H and O–H groups in total. The summed E-state index contributed by atoms with van der Waals surface area (Å²) in [5.41, 5.74) is 3.39. The lowest BCUT2D eigenvalue weighted by Gasteiger charge is -2.38.